The van der Waals surface area contributed by atoms with Crippen LogP contribution in [0.1, 0.15) is 43.5 Å². The Kier molecular flexibility index (Phi) is 8.78. The number of benzene rings is 2. The molecule has 10 heteroatoms. The molecule has 2 aliphatic rings. The highest BCUT2D eigenvalue weighted by Gasteiger charge is 2.40. The topological polar surface area (TPSA) is 99.3 Å². The smallest absolute Gasteiger partial charge is 0.338 e. The summed E-state index contributed by atoms with van der Waals surface area (Å²) in [4.78, 5) is 30.5. The fourth-order valence-electron chi connectivity index (χ4n) is 5.33. The number of esters is 1. The van der Waals surface area contributed by atoms with E-state index >= 15 is 0 Å². The third-order valence-electron chi connectivity index (χ3n) is 7.28. The monoisotopic (exact) mass is 554 g/mol. The van der Waals surface area contributed by atoms with Crippen molar-refractivity contribution in [3.8, 4) is 0 Å². The zero-order valence-corrected chi connectivity index (χ0v) is 24.1. The lowest BCUT2D eigenvalue weighted by Gasteiger charge is -2.42. The van der Waals surface area contributed by atoms with Gasteiger partial charge in [-0.25, -0.2) is 18.0 Å². The predicted octanol–water partition coefficient (Wildman–Crippen LogP) is 3.60. The molecule has 0 aromatic heterocycles. The Hall–Kier alpha value is -3.21. The average Bonchev–Trinajstić information content (AvgIpc) is 2.89. The van der Waals surface area contributed by atoms with Crippen LogP contribution in [0.3, 0.4) is 0 Å². The van der Waals surface area contributed by atoms with Crippen molar-refractivity contribution in [1.82, 2.24) is 19.4 Å². The van der Waals surface area contributed by atoms with Crippen LogP contribution in [-0.4, -0.2) is 79.9 Å². The maximum absolute atomic E-state index is 13.4. The van der Waals surface area contributed by atoms with Crippen LogP contribution in [0, 0.1) is 13.8 Å². The van der Waals surface area contributed by atoms with Crippen molar-refractivity contribution in [2.24, 2.45) is 0 Å². The van der Waals surface area contributed by atoms with Crippen LogP contribution in [0.5, 0.6) is 0 Å². The maximum Gasteiger partial charge on any atom is 0.338 e. The van der Waals surface area contributed by atoms with E-state index in [0.29, 0.717) is 44.0 Å². The third-order valence-corrected chi connectivity index (χ3v) is 9.30. The Morgan fingerprint density at radius 2 is 1.77 bits per heavy atom. The van der Waals surface area contributed by atoms with Crippen molar-refractivity contribution in [3.05, 3.63) is 76.5 Å². The maximum atomic E-state index is 13.4. The molecule has 0 saturated carbocycles. The minimum Gasteiger partial charge on any atom is -0.463 e. The van der Waals surface area contributed by atoms with Crippen LogP contribution in [0.25, 0.3) is 0 Å². The van der Waals surface area contributed by atoms with Gasteiger partial charge in [-0.3, -0.25) is 9.80 Å². The molecular formula is C29H38N4O5S. The highest BCUT2D eigenvalue weighted by Crippen LogP contribution is 2.33. The van der Waals surface area contributed by atoms with Gasteiger partial charge in [0.05, 0.1) is 23.1 Å². The van der Waals surface area contributed by atoms with E-state index in [1.807, 2.05) is 52.0 Å². The number of piperazine rings is 1. The number of aryl methyl sites for hydroxylation is 2. The fraction of sp³-hybridized carbons (Fsp3) is 0.448. The quantitative estimate of drug-likeness (QED) is 0.501. The third kappa shape index (κ3) is 6.03. The van der Waals surface area contributed by atoms with Crippen LogP contribution < -0.4 is 5.32 Å². The second kappa shape index (κ2) is 11.9. The number of rotatable bonds is 8. The summed E-state index contributed by atoms with van der Waals surface area (Å²) in [5.74, 6) is -0.467. The standard InChI is InChI=1S/C29H38N4O5S/c1-6-32-25(26(28(34)38-7-2)27(30-29(32)35)23-10-8-9-21(4)17-23)19-31-15-16-33(22(5)18-31)39(36,37)24-13-11-20(3)12-14-24/h8-14,17,22,27H,6-7,15-16,18-19H2,1-5H3,(H,30,35)/t22-,27+/m0/s1. The molecule has 0 bridgehead atoms. The molecule has 1 N–H and O–H groups in total. The number of carbonyl (C=O) groups is 2. The summed E-state index contributed by atoms with van der Waals surface area (Å²) in [6, 6.07) is 13.4. The highest BCUT2D eigenvalue weighted by molar-refractivity contribution is 7.89. The predicted molar refractivity (Wildman–Crippen MR) is 149 cm³/mol. The molecule has 0 unspecified atom stereocenters. The Balaban J connectivity index is 1.65. The Labute approximate surface area is 231 Å². The van der Waals surface area contributed by atoms with Gasteiger partial charge in [-0.2, -0.15) is 4.31 Å². The van der Waals surface area contributed by atoms with Crippen LogP contribution in [0.2, 0.25) is 0 Å². The number of carbonyl (C=O) groups excluding carboxylic acids is 2. The lowest BCUT2D eigenvalue weighted by atomic mass is 9.93. The van der Waals surface area contributed by atoms with Gasteiger partial charge in [0.25, 0.3) is 0 Å². The number of likely N-dealkylation sites (N-methyl/N-ethyl adjacent to an activating group) is 1. The lowest BCUT2D eigenvalue weighted by molar-refractivity contribution is -0.139. The van der Waals surface area contributed by atoms with Crippen LogP contribution >= 0.6 is 0 Å². The SMILES string of the molecule is CCOC(=O)C1=C(CN2CCN(S(=O)(=O)c3ccc(C)cc3)[C@@H](C)C2)N(CC)C(=O)N[C@@H]1c1cccc(C)c1. The molecule has 0 spiro atoms. The zero-order valence-electron chi connectivity index (χ0n) is 23.3. The van der Waals surface area contributed by atoms with E-state index in [-0.39, 0.29) is 23.6 Å². The summed E-state index contributed by atoms with van der Waals surface area (Å²) in [5.41, 5.74) is 3.82. The molecule has 4 rings (SSSR count). The van der Waals surface area contributed by atoms with E-state index < -0.39 is 22.0 Å². The summed E-state index contributed by atoms with van der Waals surface area (Å²) in [6.45, 7) is 11.5. The first kappa shape index (κ1) is 28.8. The molecule has 0 aliphatic carbocycles. The lowest BCUT2D eigenvalue weighted by Crippen LogP contribution is -2.56. The Morgan fingerprint density at radius 3 is 2.38 bits per heavy atom. The van der Waals surface area contributed by atoms with Gasteiger partial charge in [-0.1, -0.05) is 47.5 Å². The number of ether oxygens (including phenoxy) is 1. The van der Waals surface area contributed by atoms with Crippen molar-refractivity contribution in [1.29, 1.82) is 0 Å². The van der Waals surface area contributed by atoms with Crippen molar-refractivity contribution in [2.45, 2.75) is 51.6 Å². The summed E-state index contributed by atoms with van der Waals surface area (Å²) in [5, 5.41) is 3.00. The van der Waals surface area contributed by atoms with Crippen molar-refractivity contribution >= 4 is 22.0 Å². The normalized spacial score (nSPS) is 21.2. The molecular weight excluding hydrogens is 516 g/mol. The Morgan fingerprint density at radius 1 is 1.05 bits per heavy atom. The van der Waals surface area contributed by atoms with Gasteiger partial charge in [0.15, 0.2) is 0 Å². The number of hydrogen-bond donors (Lipinski definition) is 1. The summed E-state index contributed by atoms with van der Waals surface area (Å²) < 4.78 is 33.7. The molecule has 2 aromatic rings. The van der Waals surface area contributed by atoms with Crippen LogP contribution in [-0.2, 0) is 19.6 Å². The van der Waals surface area contributed by atoms with E-state index in [4.69, 9.17) is 4.74 Å². The first-order valence-electron chi connectivity index (χ1n) is 13.4. The van der Waals surface area contributed by atoms with Crippen molar-refractivity contribution in [2.75, 3.05) is 39.3 Å². The molecule has 210 valence electrons. The molecule has 9 nitrogen and oxygen atoms in total. The number of nitrogens with one attached hydrogen (secondary N) is 1. The number of nitrogens with zero attached hydrogens (tertiary/aromatic N) is 3. The molecule has 2 aliphatic heterocycles. The van der Waals surface area contributed by atoms with E-state index in [1.54, 1.807) is 36.1 Å². The van der Waals surface area contributed by atoms with Crippen molar-refractivity contribution < 1.29 is 22.7 Å². The summed E-state index contributed by atoms with van der Waals surface area (Å²) in [7, 11) is -3.64. The number of urea groups is 1. The first-order chi connectivity index (χ1) is 18.6. The fourth-order valence-corrected chi connectivity index (χ4v) is 6.95. The van der Waals surface area contributed by atoms with E-state index in [2.05, 4.69) is 10.2 Å². The van der Waals surface area contributed by atoms with Gasteiger partial charge in [-0.15, -0.1) is 0 Å². The van der Waals surface area contributed by atoms with Crippen molar-refractivity contribution in [3.63, 3.8) is 0 Å². The molecule has 1 saturated heterocycles. The Bertz CT molecular complexity index is 1360. The number of amides is 2. The second-order valence-corrected chi connectivity index (χ2v) is 12.0. The molecule has 2 amide bonds. The van der Waals surface area contributed by atoms with E-state index in [9.17, 15) is 18.0 Å². The van der Waals surface area contributed by atoms with Gasteiger partial charge >= 0.3 is 12.0 Å². The van der Waals surface area contributed by atoms with Crippen LogP contribution in [0.15, 0.2) is 64.7 Å². The first-order valence-corrected chi connectivity index (χ1v) is 14.9. The van der Waals surface area contributed by atoms with E-state index in [0.717, 1.165) is 16.7 Å². The van der Waals surface area contributed by atoms with E-state index in [1.165, 1.54) is 4.31 Å². The minimum atomic E-state index is -3.64. The van der Waals surface area contributed by atoms with Gasteiger partial charge in [0, 0.05) is 44.5 Å². The zero-order chi connectivity index (χ0) is 28.3. The molecule has 2 atom stereocenters. The minimum absolute atomic E-state index is 0.211. The summed E-state index contributed by atoms with van der Waals surface area (Å²) in [6.07, 6.45) is 0. The summed E-state index contributed by atoms with van der Waals surface area (Å²) >= 11 is 0. The van der Waals surface area contributed by atoms with Gasteiger partial charge in [0.1, 0.15) is 0 Å². The molecule has 2 heterocycles. The number of hydrogen-bond acceptors (Lipinski definition) is 6. The average molecular weight is 555 g/mol. The van der Waals surface area contributed by atoms with Gasteiger partial charge < -0.3 is 10.1 Å². The largest absolute Gasteiger partial charge is 0.463 e. The molecule has 0 radical (unpaired) electrons. The second-order valence-electron chi connectivity index (χ2n) is 10.1. The molecule has 2 aromatic carbocycles. The van der Waals surface area contributed by atoms with Gasteiger partial charge in [-0.05, 0) is 52.3 Å². The van der Waals surface area contributed by atoms with Gasteiger partial charge in [0.2, 0.25) is 10.0 Å². The highest BCUT2D eigenvalue weighted by atomic mass is 32.2. The number of sulfonamides is 1. The molecule has 39 heavy (non-hydrogen) atoms. The van der Waals surface area contributed by atoms with Crippen LogP contribution in [0.4, 0.5) is 4.79 Å². The molecule has 1 fully saturated rings.